The Morgan fingerprint density at radius 3 is 2.48 bits per heavy atom. The van der Waals surface area contributed by atoms with E-state index in [0.29, 0.717) is 23.9 Å². The quantitative estimate of drug-likeness (QED) is 0.555. The Kier molecular flexibility index (Phi) is 6.28. The van der Waals surface area contributed by atoms with Gasteiger partial charge in [0.25, 0.3) is 5.91 Å². The molecule has 1 aromatic carbocycles. The van der Waals surface area contributed by atoms with E-state index in [1.165, 1.54) is 0 Å². The molecule has 3 rings (SSSR count). The molecule has 170 valence electrons. The Morgan fingerprint density at radius 2 is 1.84 bits per heavy atom. The van der Waals surface area contributed by atoms with E-state index in [4.69, 9.17) is 0 Å². The summed E-state index contributed by atoms with van der Waals surface area (Å²) in [5.74, 6) is -1.36. The number of urea groups is 1. The molecular weight excluding hydrogens is 441 g/mol. The lowest BCUT2D eigenvalue weighted by molar-refractivity contribution is -0.139. The molecule has 13 heteroatoms. The van der Waals surface area contributed by atoms with E-state index < -0.39 is 63.0 Å². The Hall–Kier alpha value is -2.67. The number of imide groups is 1. The van der Waals surface area contributed by atoms with E-state index in [1.807, 2.05) is 4.72 Å². The molecule has 0 bridgehead atoms. The van der Waals surface area contributed by atoms with Crippen molar-refractivity contribution < 1.29 is 36.0 Å². The molecular formula is C18H21F3N4O5S. The second-order valence-electron chi connectivity index (χ2n) is 7.42. The molecule has 0 unspecified atom stereocenters. The minimum atomic E-state index is -4.70. The van der Waals surface area contributed by atoms with Gasteiger partial charge in [-0.1, -0.05) is 25.3 Å². The second-order valence-corrected chi connectivity index (χ2v) is 9.19. The van der Waals surface area contributed by atoms with Crippen LogP contribution in [0.25, 0.3) is 0 Å². The van der Waals surface area contributed by atoms with Crippen molar-refractivity contribution in [1.82, 2.24) is 20.5 Å². The van der Waals surface area contributed by atoms with Crippen molar-refractivity contribution in [3.8, 4) is 0 Å². The van der Waals surface area contributed by atoms with Gasteiger partial charge in [-0.3, -0.25) is 15.0 Å². The van der Waals surface area contributed by atoms with Crippen molar-refractivity contribution in [2.75, 3.05) is 6.54 Å². The third-order valence-electron chi connectivity index (χ3n) is 5.22. The largest absolute Gasteiger partial charge is 0.416 e. The Balaban J connectivity index is 1.55. The van der Waals surface area contributed by atoms with Crippen LogP contribution in [0.1, 0.15) is 44.1 Å². The lowest BCUT2D eigenvalue weighted by Crippen LogP contribution is -2.51. The number of nitrogens with one attached hydrogen (secondary N) is 3. The normalized spacial score (nSPS) is 18.9. The summed E-state index contributed by atoms with van der Waals surface area (Å²) < 4.78 is 64.7. The van der Waals surface area contributed by atoms with Crippen LogP contribution in [0.4, 0.5) is 18.0 Å². The Morgan fingerprint density at radius 1 is 1.16 bits per heavy atom. The first kappa shape index (κ1) is 23.0. The van der Waals surface area contributed by atoms with Crippen LogP contribution in [0.3, 0.4) is 0 Å². The number of alkyl halides is 3. The van der Waals surface area contributed by atoms with E-state index in [2.05, 4.69) is 10.7 Å². The van der Waals surface area contributed by atoms with Gasteiger partial charge >= 0.3 is 12.2 Å². The molecule has 1 aliphatic carbocycles. The summed E-state index contributed by atoms with van der Waals surface area (Å²) in [6, 6.07) is 2.42. The van der Waals surface area contributed by atoms with Crippen LogP contribution in [-0.2, 0) is 25.8 Å². The number of hydrogen-bond donors (Lipinski definition) is 3. The highest BCUT2D eigenvalue weighted by atomic mass is 32.2. The van der Waals surface area contributed by atoms with Gasteiger partial charge in [0.15, 0.2) is 0 Å². The van der Waals surface area contributed by atoms with E-state index >= 15 is 0 Å². The molecule has 0 atom stereocenters. The van der Waals surface area contributed by atoms with Gasteiger partial charge in [-0.25, -0.2) is 17.9 Å². The summed E-state index contributed by atoms with van der Waals surface area (Å²) in [4.78, 5) is 36.2. The number of hydrazine groups is 1. The SMILES string of the molecule is O=C(CCNS(=O)(=O)c1cccc(C(F)(F)F)c1)NN1C(=O)NC2(CCCCC2)C1=O. The summed E-state index contributed by atoms with van der Waals surface area (Å²) in [6.07, 6.45) is -1.72. The molecule has 9 nitrogen and oxygen atoms in total. The predicted molar refractivity (Wildman–Crippen MR) is 101 cm³/mol. The van der Waals surface area contributed by atoms with Crippen LogP contribution in [0.5, 0.6) is 0 Å². The van der Waals surface area contributed by atoms with Crippen LogP contribution in [0.15, 0.2) is 29.2 Å². The zero-order valence-corrected chi connectivity index (χ0v) is 17.1. The zero-order chi connectivity index (χ0) is 22.9. The van der Waals surface area contributed by atoms with E-state index in [1.54, 1.807) is 0 Å². The zero-order valence-electron chi connectivity index (χ0n) is 16.3. The third kappa shape index (κ3) is 4.98. The monoisotopic (exact) mass is 462 g/mol. The van der Waals surface area contributed by atoms with Gasteiger partial charge in [0, 0.05) is 13.0 Å². The molecule has 1 saturated heterocycles. The highest BCUT2D eigenvalue weighted by molar-refractivity contribution is 7.89. The maximum Gasteiger partial charge on any atom is 0.416 e. The van der Waals surface area contributed by atoms with Crippen molar-refractivity contribution >= 4 is 27.9 Å². The van der Waals surface area contributed by atoms with Crippen LogP contribution >= 0.6 is 0 Å². The number of halogens is 3. The maximum atomic E-state index is 12.8. The fourth-order valence-corrected chi connectivity index (χ4v) is 4.70. The van der Waals surface area contributed by atoms with Gasteiger partial charge in [-0.05, 0) is 31.0 Å². The third-order valence-corrected chi connectivity index (χ3v) is 6.68. The van der Waals surface area contributed by atoms with E-state index in [9.17, 15) is 36.0 Å². The predicted octanol–water partition coefficient (Wildman–Crippen LogP) is 1.66. The van der Waals surface area contributed by atoms with Crippen LogP contribution in [-0.4, -0.2) is 43.4 Å². The van der Waals surface area contributed by atoms with Gasteiger partial charge < -0.3 is 5.32 Å². The van der Waals surface area contributed by atoms with Crippen LogP contribution < -0.4 is 15.5 Å². The van der Waals surface area contributed by atoms with Gasteiger partial charge in [0.1, 0.15) is 5.54 Å². The first-order valence-corrected chi connectivity index (χ1v) is 11.1. The van der Waals surface area contributed by atoms with Crippen LogP contribution in [0, 0.1) is 0 Å². The molecule has 1 saturated carbocycles. The summed E-state index contributed by atoms with van der Waals surface area (Å²) in [6.45, 7) is -0.445. The first-order chi connectivity index (χ1) is 14.4. The number of carbonyl (C=O) groups excluding carboxylic acids is 3. The molecule has 1 heterocycles. The van der Waals surface area contributed by atoms with Crippen molar-refractivity contribution in [2.24, 2.45) is 0 Å². The van der Waals surface area contributed by atoms with Gasteiger partial charge in [-0.2, -0.15) is 18.2 Å². The molecule has 2 aliphatic rings. The molecule has 0 aromatic heterocycles. The summed E-state index contributed by atoms with van der Waals surface area (Å²) in [5.41, 5.74) is 0.0122. The van der Waals surface area contributed by atoms with E-state index in [0.717, 1.165) is 37.5 Å². The van der Waals surface area contributed by atoms with Crippen molar-refractivity contribution in [3.05, 3.63) is 29.8 Å². The lowest BCUT2D eigenvalue weighted by Gasteiger charge is -2.30. The average molecular weight is 462 g/mol. The Bertz CT molecular complexity index is 990. The standard InChI is InChI=1S/C18H21F3N4O5S/c19-18(20,21)12-5-4-6-13(11-12)31(29,30)22-10-7-14(26)24-25-15(27)17(23-16(25)28)8-2-1-3-9-17/h4-6,11,22H,1-3,7-10H2,(H,23,28)(H,24,26). The highest BCUT2D eigenvalue weighted by Gasteiger charge is 2.52. The fourth-order valence-electron chi connectivity index (χ4n) is 3.62. The maximum absolute atomic E-state index is 12.8. The topological polar surface area (TPSA) is 125 Å². The number of carbonyl (C=O) groups is 3. The smallest absolute Gasteiger partial charge is 0.322 e. The van der Waals surface area contributed by atoms with Crippen LogP contribution in [0.2, 0.25) is 0 Å². The van der Waals surface area contributed by atoms with Crippen molar-refractivity contribution in [3.63, 3.8) is 0 Å². The minimum Gasteiger partial charge on any atom is -0.322 e. The molecule has 31 heavy (non-hydrogen) atoms. The summed E-state index contributed by atoms with van der Waals surface area (Å²) in [5, 5.41) is 3.21. The fraction of sp³-hybridized carbons (Fsp3) is 0.500. The molecule has 0 radical (unpaired) electrons. The van der Waals surface area contributed by atoms with Gasteiger partial charge in [0.2, 0.25) is 15.9 Å². The molecule has 1 aromatic rings. The highest BCUT2D eigenvalue weighted by Crippen LogP contribution is 2.33. The molecule has 1 spiro atoms. The Labute approximate surface area is 176 Å². The van der Waals surface area contributed by atoms with Gasteiger partial charge in [-0.15, -0.1) is 0 Å². The molecule has 2 fully saturated rings. The lowest BCUT2D eigenvalue weighted by atomic mass is 9.82. The number of nitrogens with zero attached hydrogens (tertiary/aromatic N) is 1. The number of benzene rings is 1. The molecule has 3 N–H and O–H groups in total. The summed E-state index contributed by atoms with van der Waals surface area (Å²) in [7, 11) is -4.30. The molecule has 1 aliphatic heterocycles. The number of rotatable bonds is 6. The number of amides is 4. The first-order valence-electron chi connectivity index (χ1n) is 9.58. The van der Waals surface area contributed by atoms with E-state index in [-0.39, 0.29) is 0 Å². The van der Waals surface area contributed by atoms with Gasteiger partial charge in [0.05, 0.1) is 10.5 Å². The number of sulfonamides is 1. The number of hydrogen-bond acceptors (Lipinski definition) is 5. The van der Waals surface area contributed by atoms with Crippen molar-refractivity contribution in [1.29, 1.82) is 0 Å². The summed E-state index contributed by atoms with van der Waals surface area (Å²) >= 11 is 0. The molecule has 4 amide bonds. The second kappa shape index (κ2) is 8.46. The van der Waals surface area contributed by atoms with Crippen molar-refractivity contribution in [2.45, 2.75) is 55.1 Å². The minimum absolute atomic E-state index is 0.442. The average Bonchev–Trinajstić information content (AvgIpc) is 2.92.